The third-order valence-electron chi connectivity index (χ3n) is 1.65. The standard InChI is InChI=1S/C8H12F2N2.C2H6/c1-5(2)12-6(3)4-7(11-12)8(9)10;1-2/h4-5,8H,1-3H3;1-2H3. The second-order valence-electron chi connectivity index (χ2n) is 3.05. The zero-order valence-corrected chi connectivity index (χ0v) is 9.38. The molecule has 0 radical (unpaired) electrons. The molecule has 0 aliphatic rings. The number of hydrogen-bond acceptors (Lipinski definition) is 1. The average molecular weight is 204 g/mol. The van der Waals surface area contributed by atoms with E-state index >= 15 is 0 Å². The molecule has 0 saturated heterocycles. The van der Waals surface area contributed by atoms with Crippen LogP contribution >= 0.6 is 0 Å². The van der Waals surface area contributed by atoms with E-state index in [0.717, 1.165) is 5.69 Å². The van der Waals surface area contributed by atoms with E-state index in [4.69, 9.17) is 0 Å². The highest BCUT2D eigenvalue weighted by Crippen LogP contribution is 2.19. The normalized spacial score (nSPS) is 10.4. The van der Waals surface area contributed by atoms with Crippen LogP contribution in [0, 0.1) is 6.92 Å². The molecule has 1 aromatic heterocycles. The van der Waals surface area contributed by atoms with E-state index in [-0.39, 0.29) is 11.7 Å². The summed E-state index contributed by atoms with van der Waals surface area (Å²) in [6.07, 6.45) is -2.47. The number of alkyl halides is 2. The van der Waals surface area contributed by atoms with Gasteiger partial charge in [0.1, 0.15) is 5.69 Å². The zero-order chi connectivity index (χ0) is 11.3. The predicted molar refractivity (Wildman–Crippen MR) is 53.7 cm³/mol. The highest BCUT2D eigenvalue weighted by molar-refractivity contribution is 5.10. The molecule has 0 amide bonds. The third kappa shape index (κ3) is 3.09. The summed E-state index contributed by atoms with van der Waals surface area (Å²) in [6, 6.07) is 1.56. The number of aromatic nitrogens is 2. The first kappa shape index (κ1) is 13.1. The van der Waals surface area contributed by atoms with Crippen LogP contribution < -0.4 is 0 Å². The van der Waals surface area contributed by atoms with Gasteiger partial charge in [-0.1, -0.05) is 13.8 Å². The van der Waals surface area contributed by atoms with Crippen LogP contribution in [-0.2, 0) is 0 Å². The van der Waals surface area contributed by atoms with Gasteiger partial charge in [0.2, 0.25) is 0 Å². The Morgan fingerprint density at radius 3 is 2.00 bits per heavy atom. The van der Waals surface area contributed by atoms with Crippen molar-refractivity contribution in [3.63, 3.8) is 0 Å². The minimum absolute atomic E-state index is 0.137. The second kappa shape index (κ2) is 5.73. The molecule has 0 unspecified atom stereocenters. The molecule has 0 fully saturated rings. The first-order valence-electron chi connectivity index (χ1n) is 4.86. The Kier molecular flexibility index (Phi) is 5.35. The fraction of sp³-hybridized carbons (Fsp3) is 0.700. The quantitative estimate of drug-likeness (QED) is 0.717. The zero-order valence-electron chi connectivity index (χ0n) is 9.38. The SMILES string of the molecule is CC.Cc1cc(C(F)F)nn1C(C)C. The molecule has 82 valence electrons. The van der Waals surface area contributed by atoms with Crippen molar-refractivity contribution in [2.24, 2.45) is 0 Å². The Morgan fingerprint density at radius 1 is 1.29 bits per heavy atom. The van der Waals surface area contributed by atoms with E-state index in [0.29, 0.717) is 0 Å². The van der Waals surface area contributed by atoms with E-state index < -0.39 is 6.43 Å². The Morgan fingerprint density at radius 2 is 1.79 bits per heavy atom. The predicted octanol–water partition coefficient (Wildman–Crippen LogP) is 3.74. The Hall–Kier alpha value is -0.930. The Balaban J connectivity index is 0.000000791. The summed E-state index contributed by atoms with van der Waals surface area (Å²) in [6.45, 7) is 9.60. The number of rotatable bonds is 2. The summed E-state index contributed by atoms with van der Waals surface area (Å²) in [5, 5.41) is 3.78. The van der Waals surface area contributed by atoms with Crippen LogP contribution in [0.25, 0.3) is 0 Å². The maximum Gasteiger partial charge on any atom is 0.282 e. The van der Waals surface area contributed by atoms with Gasteiger partial charge in [-0.2, -0.15) is 5.10 Å². The maximum absolute atomic E-state index is 12.1. The molecule has 0 spiro atoms. The van der Waals surface area contributed by atoms with Gasteiger partial charge in [0.25, 0.3) is 6.43 Å². The Labute approximate surface area is 83.9 Å². The first-order valence-corrected chi connectivity index (χ1v) is 4.86. The molecule has 1 aromatic rings. The largest absolute Gasteiger partial charge is 0.282 e. The molecule has 0 aliphatic heterocycles. The summed E-state index contributed by atoms with van der Waals surface area (Å²) in [5.41, 5.74) is 0.640. The molecule has 4 heteroatoms. The van der Waals surface area contributed by atoms with Crippen molar-refractivity contribution < 1.29 is 8.78 Å². The van der Waals surface area contributed by atoms with Crippen LogP contribution in [0.3, 0.4) is 0 Å². The molecule has 1 rings (SSSR count). The summed E-state index contributed by atoms with van der Waals surface area (Å²) in [5.74, 6) is 0. The van der Waals surface area contributed by atoms with Gasteiger partial charge in [-0.3, -0.25) is 4.68 Å². The van der Waals surface area contributed by atoms with Gasteiger partial charge in [0.05, 0.1) is 0 Å². The first-order chi connectivity index (χ1) is 6.52. The topological polar surface area (TPSA) is 17.8 Å². The van der Waals surface area contributed by atoms with E-state index in [9.17, 15) is 8.78 Å². The fourth-order valence-electron chi connectivity index (χ4n) is 1.14. The molecule has 2 nitrogen and oxygen atoms in total. The highest BCUT2D eigenvalue weighted by Gasteiger charge is 2.14. The van der Waals surface area contributed by atoms with Gasteiger partial charge in [-0.25, -0.2) is 8.78 Å². The van der Waals surface area contributed by atoms with E-state index in [2.05, 4.69) is 5.10 Å². The molecular weight excluding hydrogens is 186 g/mol. The van der Waals surface area contributed by atoms with Crippen LogP contribution in [0.2, 0.25) is 0 Å². The summed E-state index contributed by atoms with van der Waals surface area (Å²) >= 11 is 0. The van der Waals surface area contributed by atoms with Gasteiger partial charge < -0.3 is 0 Å². The minimum Gasteiger partial charge on any atom is -0.267 e. The van der Waals surface area contributed by atoms with Crippen LogP contribution in [0.4, 0.5) is 8.78 Å². The average Bonchev–Trinajstić information content (AvgIpc) is 2.51. The lowest BCUT2D eigenvalue weighted by Crippen LogP contribution is -2.05. The van der Waals surface area contributed by atoms with Crippen LogP contribution in [0.15, 0.2) is 6.07 Å². The minimum atomic E-state index is -2.47. The van der Waals surface area contributed by atoms with Gasteiger partial charge in [-0.15, -0.1) is 0 Å². The van der Waals surface area contributed by atoms with Crippen molar-refractivity contribution in [1.29, 1.82) is 0 Å². The maximum atomic E-state index is 12.1. The fourth-order valence-corrected chi connectivity index (χ4v) is 1.14. The van der Waals surface area contributed by atoms with E-state index in [1.807, 2.05) is 27.7 Å². The van der Waals surface area contributed by atoms with Crippen molar-refractivity contribution in [2.75, 3.05) is 0 Å². The number of halogens is 2. The van der Waals surface area contributed by atoms with Crippen LogP contribution in [0.1, 0.15) is 51.6 Å². The molecule has 0 N–H and O–H groups in total. The molecular formula is C10H18F2N2. The van der Waals surface area contributed by atoms with Crippen LogP contribution in [0.5, 0.6) is 0 Å². The Bertz CT molecular complexity index is 267. The molecule has 0 aromatic carbocycles. The lowest BCUT2D eigenvalue weighted by Gasteiger charge is -2.06. The number of nitrogens with zero attached hydrogens (tertiary/aromatic N) is 2. The highest BCUT2D eigenvalue weighted by atomic mass is 19.3. The molecule has 0 atom stereocenters. The van der Waals surface area contributed by atoms with Gasteiger partial charge in [0, 0.05) is 11.7 Å². The lowest BCUT2D eigenvalue weighted by molar-refractivity contribution is 0.144. The smallest absolute Gasteiger partial charge is 0.267 e. The van der Waals surface area contributed by atoms with Crippen molar-refractivity contribution >= 4 is 0 Å². The van der Waals surface area contributed by atoms with Crippen molar-refractivity contribution in [2.45, 2.75) is 47.1 Å². The van der Waals surface area contributed by atoms with Gasteiger partial charge in [-0.05, 0) is 26.8 Å². The van der Waals surface area contributed by atoms with Crippen LogP contribution in [-0.4, -0.2) is 9.78 Å². The molecule has 1 heterocycles. The lowest BCUT2D eigenvalue weighted by atomic mass is 10.3. The van der Waals surface area contributed by atoms with Crippen molar-refractivity contribution in [3.8, 4) is 0 Å². The summed E-state index contributed by atoms with van der Waals surface area (Å²) in [7, 11) is 0. The summed E-state index contributed by atoms with van der Waals surface area (Å²) in [4.78, 5) is 0. The number of aryl methyl sites for hydroxylation is 1. The second-order valence-corrected chi connectivity index (χ2v) is 3.05. The number of hydrogen-bond donors (Lipinski definition) is 0. The van der Waals surface area contributed by atoms with Crippen molar-refractivity contribution in [1.82, 2.24) is 9.78 Å². The van der Waals surface area contributed by atoms with E-state index in [1.165, 1.54) is 6.07 Å². The van der Waals surface area contributed by atoms with Gasteiger partial charge >= 0.3 is 0 Å². The monoisotopic (exact) mass is 204 g/mol. The summed E-state index contributed by atoms with van der Waals surface area (Å²) < 4.78 is 25.9. The molecule has 14 heavy (non-hydrogen) atoms. The molecule has 0 aliphatic carbocycles. The van der Waals surface area contributed by atoms with E-state index in [1.54, 1.807) is 11.6 Å². The molecule has 0 bridgehead atoms. The van der Waals surface area contributed by atoms with Crippen molar-refractivity contribution in [3.05, 3.63) is 17.5 Å². The van der Waals surface area contributed by atoms with Gasteiger partial charge in [0.15, 0.2) is 0 Å². The molecule has 0 saturated carbocycles. The third-order valence-corrected chi connectivity index (χ3v) is 1.65.